The van der Waals surface area contributed by atoms with E-state index in [1.165, 1.54) is 12.1 Å². The van der Waals surface area contributed by atoms with Crippen molar-refractivity contribution in [2.45, 2.75) is 4.90 Å². The summed E-state index contributed by atoms with van der Waals surface area (Å²) in [6.45, 7) is 2.93. The predicted octanol–water partition coefficient (Wildman–Crippen LogP) is 0.966. The van der Waals surface area contributed by atoms with E-state index in [0.29, 0.717) is 18.7 Å². The third-order valence-electron chi connectivity index (χ3n) is 3.15. The van der Waals surface area contributed by atoms with E-state index in [-0.39, 0.29) is 15.8 Å². The molecule has 1 aromatic rings. The van der Waals surface area contributed by atoms with E-state index in [1.807, 2.05) is 7.05 Å². The van der Waals surface area contributed by atoms with E-state index in [2.05, 4.69) is 4.90 Å². The first-order valence-corrected chi connectivity index (χ1v) is 7.31. The van der Waals surface area contributed by atoms with Gasteiger partial charge in [0, 0.05) is 36.6 Å². The van der Waals surface area contributed by atoms with Gasteiger partial charge in [0.1, 0.15) is 0 Å². The summed E-state index contributed by atoms with van der Waals surface area (Å²) in [4.78, 5) is 16.1. The maximum absolute atomic E-state index is 12.3. The lowest BCUT2D eigenvalue weighted by Gasteiger charge is -2.32. The van der Waals surface area contributed by atoms with Gasteiger partial charge in [-0.2, -0.15) is 0 Å². The van der Waals surface area contributed by atoms with Crippen molar-refractivity contribution in [1.29, 1.82) is 0 Å². The molecule has 7 heteroatoms. The Morgan fingerprint density at radius 2 is 1.95 bits per heavy atom. The molecular weight excluding hydrogens is 288 g/mol. The topological polar surface area (TPSA) is 63.7 Å². The van der Waals surface area contributed by atoms with Crippen LogP contribution in [0.25, 0.3) is 0 Å². The fourth-order valence-electron chi connectivity index (χ4n) is 1.96. The highest BCUT2D eigenvalue weighted by Crippen LogP contribution is 2.21. The minimum absolute atomic E-state index is 0.0401. The molecule has 0 N–H and O–H groups in total. The lowest BCUT2D eigenvalue weighted by atomic mass is 10.2. The Morgan fingerprint density at radius 1 is 1.32 bits per heavy atom. The summed E-state index contributed by atoms with van der Waals surface area (Å²) in [5.74, 6) is -0.156. The summed E-state index contributed by atoms with van der Waals surface area (Å²) in [7, 11) is 2.00. The minimum Gasteiger partial charge on any atom is -0.768 e. The number of halogens is 1. The molecule has 1 atom stereocenters. The van der Waals surface area contributed by atoms with Gasteiger partial charge in [-0.1, -0.05) is 11.6 Å². The standard InChI is InChI=1S/C12H15ClN2O3S/c1-14-4-6-15(7-5-14)12(16)9-2-3-10(13)11(8-9)19(17)18/h2-3,8H,4-7H2,1H3,(H,17,18)/p-1. The Morgan fingerprint density at radius 3 is 2.53 bits per heavy atom. The van der Waals surface area contributed by atoms with Crippen LogP contribution in [-0.2, 0) is 11.1 Å². The van der Waals surface area contributed by atoms with E-state index in [4.69, 9.17) is 11.6 Å². The molecule has 0 spiro atoms. The van der Waals surface area contributed by atoms with Gasteiger partial charge in [-0.05, 0) is 36.3 Å². The molecule has 1 amide bonds. The maximum Gasteiger partial charge on any atom is 0.253 e. The van der Waals surface area contributed by atoms with E-state index in [1.54, 1.807) is 11.0 Å². The fraction of sp³-hybridized carbons (Fsp3) is 0.417. The second kappa shape index (κ2) is 6.00. The summed E-state index contributed by atoms with van der Waals surface area (Å²) < 4.78 is 22.0. The van der Waals surface area contributed by atoms with Crippen molar-refractivity contribution < 1.29 is 13.6 Å². The summed E-state index contributed by atoms with van der Waals surface area (Å²) in [5, 5.41) is 0.128. The average molecular weight is 302 g/mol. The van der Waals surface area contributed by atoms with Gasteiger partial charge in [-0.25, -0.2) is 0 Å². The van der Waals surface area contributed by atoms with Crippen molar-refractivity contribution in [3.05, 3.63) is 28.8 Å². The number of nitrogens with zero attached hydrogens (tertiary/aromatic N) is 2. The first kappa shape index (κ1) is 14.5. The number of amides is 1. The molecule has 2 rings (SSSR count). The Bertz CT molecular complexity index is 516. The van der Waals surface area contributed by atoms with E-state index in [0.717, 1.165) is 13.1 Å². The first-order chi connectivity index (χ1) is 8.99. The number of benzene rings is 1. The second-order valence-electron chi connectivity index (χ2n) is 4.48. The molecule has 104 valence electrons. The summed E-state index contributed by atoms with van der Waals surface area (Å²) in [6, 6.07) is 4.32. The number of hydrogen-bond donors (Lipinski definition) is 0. The zero-order chi connectivity index (χ0) is 14.0. The van der Waals surface area contributed by atoms with Crippen LogP contribution >= 0.6 is 11.6 Å². The van der Waals surface area contributed by atoms with Crippen molar-refractivity contribution in [3.63, 3.8) is 0 Å². The third-order valence-corrected chi connectivity index (χ3v) is 4.29. The molecule has 19 heavy (non-hydrogen) atoms. The molecule has 1 aliphatic heterocycles. The molecular formula is C12H14ClN2O3S-. The summed E-state index contributed by atoms with van der Waals surface area (Å²) in [5.41, 5.74) is 0.355. The molecule has 0 aromatic heterocycles. The highest BCUT2D eigenvalue weighted by molar-refractivity contribution is 7.79. The Balaban J connectivity index is 2.20. The van der Waals surface area contributed by atoms with Gasteiger partial charge < -0.3 is 14.4 Å². The van der Waals surface area contributed by atoms with Gasteiger partial charge in [0.05, 0.1) is 5.02 Å². The minimum atomic E-state index is -2.44. The van der Waals surface area contributed by atoms with Crippen molar-refractivity contribution >= 4 is 28.6 Å². The van der Waals surface area contributed by atoms with Crippen LogP contribution in [0.5, 0.6) is 0 Å². The quantitative estimate of drug-likeness (QED) is 0.764. The molecule has 1 aromatic carbocycles. The highest BCUT2D eigenvalue weighted by Gasteiger charge is 2.20. The van der Waals surface area contributed by atoms with Crippen LogP contribution < -0.4 is 0 Å². The first-order valence-electron chi connectivity index (χ1n) is 5.85. The van der Waals surface area contributed by atoms with Gasteiger partial charge in [0.25, 0.3) is 5.91 Å². The van der Waals surface area contributed by atoms with Crippen LogP contribution in [-0.4, -0.2) is 57.7 Å². The molecule has 0 radical (unpaired) electrons. The monoisotopic (exact) mass is 301 g/mol. The highest BCUT2D eigenvalue weighted by atomic mass is 35.5. The molecule has 1 aliphatic rings. The number of likely N-dealkylation sites (N-methyl/N-ethyl adjacent to an activating group) is 1. The van der Waals surface area contributed by atoms with Crippen LogP contribution in [0.2, 0.25) is 5.02 Å². The van der Waals surface area contributed by atoms with Gasteiger partial charge in [0.2, 0.25) is 0 Å². The molecule has 1 fully saturated rings. The van der Waals surface area contributed by atoms with Crippen molar-refractivity contribution in [2.24, 2.45) is 0 Å². The molecule has 1 unspecified atom stereocenters. The summed E-state index contributed by atoms with van der Waals surface area (Å²) in [6.07, 6.45) is 0. The molecule has 1 heterocycles. The number of rotatable bonds is 2. The average Bonchev–Trinajstić information content (AvgIpc) is 2.39. The molecule has 5 nitrogen and oxygen atoms in total. The number of carbonyl (C=O) groups excluding carboxylic acids is 1. The second-order valence-corrected chi connectivity index (χ2v) is 5.79. The normalized spacial score (nSPS) is 18.4. The van der Waals surface area contributed by atoms with E-state index >= 15 is 0 Å². The van der Waals surface area contributed by atoms with Crippen LogP contribution in [0.15, 0.2) is 23.1 Å². The van der Waals surface area contributed by atoms with Gasteiger partial charge in [-0.15, -0.1) is 0 Å². The van der Waals surface area contributed by atoms with E-state index < -0.39 is 11.1 Å². The largest absolute Gasteiger partial charge is 0.768 e. The van der Waals surface area contributed by atoms with E-state index in [9.17, 15) is 13.6 Å². The number of piperazine rings is 1. The molecule has 1 saturated heterocycles. The van der Waals surface area contributed by atoms with Crippen LogP contribution in [0, 0.1) is 0 Å². The molecule has 0 aliphatic carbocycles. The summed E-state index contributed by atoms with van der Waals surface area (Å²) >= 11 is 3.34. The number of hydrogen-bond acceptors (Lipinski definition) is 4. The van der Waals surface area contributed by atoms with Crippen molar-refractivity contribution in [3.8, 4) is 0 Å². The van der Waals surface area contributed by atoms with Gasteiger partial charge in [0.15, 0.2) is 0 Å². The number of carbonyl (C=O) groups is 1. The smallest absolute Gasteiger partial charge is 0.253 e. The lowest BCUT2D eigenvalue weighted by Crippen LogP contribution is -2.47. The molecule has 0 saturated carbocycles. The SMILES string of the molecule is CN1CCN(C(=O)c2ccc(Cl)c(S(=O)[O-])c2)CC1. The zero-order valence-corrected chi connectivity index (χ0v) is 12.0. The van der Waals surface area contributed by atoms with Gasteiger partial charge in [-0.3, -0.25) is 9.00 Å². The van der Waals surface area contributed by atoms with Crippen molar-refractivity contribution in [1.82, 2.24) is 9.80 Å². The van der Waals surface area contributed by atoms with Crippen LogP contribution in [0.3, 0.4) is 0 Å². The zero-order valence-electron chi connectivity index (χ0n) is 10.5. The Hall–Kier alpha value is -0.950. The van der Waals surface area contributed by atoms with Gasteiger partial charge >= 0.3 is 0 Å². The molecule has 0 bridgehead atoms. The maximum atomic E-state index is 12.3. The van der Waals surface area contributed by atoms with Crippen LogP contribution in [0.4, 0.5) is 0 Å². The van der Waals surface area contributed by atoms with Crippen molar-refractivity contribution in [2.75, 3.05) is 33.2 Å². The lowest BCUT2D eigenvalue weighted by molar-refractivity contribution is 0.0664. The van der Waals surface area contributed by atoms with Crippen LogP contribution in [0.1, 0.15) is 10.4 Å². The fourth-order valence-corrected chi connectivity index (χ4v) is 2.71. The third kappa shape index (κ3) is 3.33. The Labute approximate surface area is 119 Å². The predicted molar refractivity (Wildman–Crippen MR) is 72.0 cm³/mol. The Kier molecular flexibility index (Phi) is 4.57.